The van der Waals surface area contributed by atoms with E-state index in [1.807, 2.05) is 55.6 Å². The molecule has 1 amide bonds. The number of carbonyl (C=O) groups is 1. The molecule has 0 bridgehead atoms. The summed E-state index contributed by atoms with van der Waals surface area (Å²) in [7, 11) is 0. The maximum Gasteiger partial charge on any atom is 0.228 e. The summed E-state index contributed by atoms with van der Waals surface area (Å²) in [5, 5.41) is 13.2. The van der Waals surface area contributed by atoms with E-state index in [-0.39, 0.29) is 17.7 Å². The Bertz CT molecular complexity index is 1410. The average molecular weight is 435 g/mol. The Morgan fingerprint density at radius 2 is 1.97 bits per heavy atom. The maximum absolute atomic E-state index is 12.4. The van der Waals surface area contributed by atoms with Crippen molar-refractivity contribution in [3.05, 3.63) is 66.5 Å². The highest BCUT2D eigenvalue weighted by Crippen LogP contribution is 2.41. The fourth-order valence-corrected chi connectivity index (χ4v) is 4.10. The molecule has 0 aliphatic heterocycles. The van der Waals surface area contributed by atoms with Gasteiger partial charge in [-0.15, -0.1) is 0 Å². The number of nitrogens with one attached hydrogen (secondary N) is 1. The Kier molecular flexibility index (Phi) is 5.19. The van der Waals surface area contributed by atoms with Gasteiger partial charge < -0.3 is 11.1 Å². The van der Waals surface area contributed by atoms with E-state index in [9.17, 15) is 4.79 Å². The molecular weight excluding hydrogens is 412 g/mol. The lowest BCUT2D eigenvalue weighted by Gasteiger charge is -2.11. The second-order valence-electron chi connectivity index (χ2n) is 8.39. The molecule has 33 heavy (non-hydrogen) atoms. The molecule has 0 spiro atoms. The van der Waals surface area contributed by atoms with E-state index in [2.05, 4.69) is 26.3 Å². The van der Waals surface area contributed by atoms with E-state index < -0.39 is 0 Å². The number of nitrogens with two attached hydrogens (primary N) is 1. The van der Waals surface area contributed by atoms with Crippen molar-refractivity contribution in [1.29, 1.82) is 5.26 Å². The number of amides is 1. The van der Waals surface area contributed by atoms with Crippen molar-refractivity contribution in [3.63, 3.8) is 0 Å². The van der Waals surface area contributed by atoms with Gasteiger partial charge in [0, 0.05) is 41.2 Å². The van der Waals surface area contributed by atoms with Crippen molar-refractivity contribution in [2.75, 3.05) is 11.1 Å². The predicted octanol–water partition coefficient (Wildman–Crippen LogP) is 4.74. The van der Waals surface area contributed by atoms with Crippen LogP contribution < -0.4 is 11.1 Å². The predicted molar refractivity (Wildman–Crippen MR) is 128 cm³/mol. The molecule has 7 nitrogen and oxygen atoms in total. The average Bonchev–Trinajstić information content (AvgIpc) is 3.59. The number of hydrogen-bond donors (Lipinski definition) is 2. The number of nitrogens with zero attached hydrogens (tertiary/aromatic N) is 4. The summed E-state index contributed by atoms with van der Waals surface area (Å²) in [5.74, 6) is 0.769. The Morgan fingerprint density at radius 1 is 1.15 bits per heavy atom. The van der Waals surface area contributed by atoms with Gasteiger partial charge in [0.05, 0.1) is 17.5 Å². The molecule has 3 N–H and O–H groups in total. The second kappa shape index (κ2) is 8.32. The first-order valence-electron chi connectivity index (χ1n) is 10.8. The summed E-state index contributed by atoms with van der Waals surface area (Å²) in [6.45, 7) is 2.02. The van der Waals surface area contributed by atoms with Crippen LogP contribution in [0.1, 0.15) is 18.4 Å². The first-order chi connectivity index (χ1) is 16.0. The molecule has 2 atom stereocenters. The minimum absolute atomic E-state index is 0.0964. The summed E-state index contributed by atoms with van der Waals surface area (Å²) in [6, 6.07) is 17.9. The van der Waals surface area contributed by atoms with Crippen LogP contribution in [0.2, 0.25) is 0 Å². The molecule has 3 heterocycles. The fourth-order valence-electron chi connectivity index (χ4n) is 4.10. The van der Waals surface area contributed by atoms with Gasteiger partial charge in [0.15, 0.2) is 0 Å². The van der Waals surface area contributed by atoms with Crippen molar-refractivity contribution in [1.82, 2.24) is 15.0 Å². The molecule has 0 saturated heterocycles. The number of anilines is 2. The van der Waals surface area contributed by atoms with E-state index in [4.69, 9.17) is 11.0 Å². The van der Waals surface area contributed by atoms with Crippen molar-refractivity contribution in [2.24, 2.45) is 11.8 Å². The van der Waals surface area contributed by atoms with Gasteiger partial charge in [-0.1, -0.05) is 30.3 Å². The van der Waals surface area contributed by atoms with Gasteiger partial charge in [-0.3, -0.25) is 9.78 Å². The van der Waals surface area contributed by atoms with Crippen molar-refractivity contribution in [3.8, 4) is 28.6 Å². The van der Waals surface area contributed by atoms with E-state index in [0.717, 1.165) is 39.6 Å². The first-order valence-corrected chi connectivity index (χ1v) is 10.8. The number of nitrogen functional groups attached to an aromatic ring is 1. The standard InChI is InChI=1S/C26H22N6O/c1-15-9-22(16-5-3-2-4-6-16)29-13-20(15)23-11-18-12-24(30-14-21(18)25(28)31-23)32-26(33)19-10-17(19)7-8-27/h2-6,9,11-14,17,19H,7,10H2,1H3,(H2,28,31)(H,30,32,33)/t17-,19-/m1/s1. The zero-order valence-corrected chi connectivity index (χ0v) is 18.1. The molecule has 7 heteroatoms. The van der Waals surface area contributed by atoms with Crippen LogP contribution in [0.4, 0.5) is 11.6 Å². The Hall–Kier alpha value is -4.31. The summed E-state index contributed by atoms with van der Waals surface area (Å²) in [4.78, 5) is 26.0. The van der Waals surface area contributed by atoms with Crippen molar-refractivity contribution < 1.29 is 4.79 Å². The molecule has 162 valence electrons. The molecule has 1 saturated carbocycles. The number of rotatable bonds is 5. The monoisotopic (exact) mass is 434 g/mol. The third-order valence-corrected chi connectivity index (χ3v) is 6.07. The number of pyridine rings is 3. The maximum atomic E-state index is 12.4. The van der Waals surface area contributed by atoms with Crippen molar-refractivity contribution >= 4 is 28.3 Å². The Labute approximate surface area is 191 Å². The molecule has 1 aromatic carbocycles. The van der Waals surface area contributed by atoms with Gasteiger partial charge >= 0.3 is 0 Å². The number of aromatic nitrogens is 3. The molecule has 1 aliphatic carbocycles. The number of fused-ring (bicyclic) bond motifs is 1. The van der Waals surface area contributed by atoms with Crippen LogP contribution in [-0.2, 0) is 4.79 Å². The lowest BCUT2D eigenvalue weighted by Crippen LogP contribution is -2.15. The van der Waals surface area contributed by atoms with Crippen LogP contribution in [0, 0.1) is 30.1 Å². The summed E-state index contributed by atoms with van der Waals surface area (Å²) < 4.78 is 0. The quantitative estimate of drug-likeness (QED) is 0.468. The van der Waals surface area contributed by atoms with E-state index >= 15 is 0 Å². The van der Waals surface area contributed by atoms with E-state index in [1.165, 1.54) is 0 Å². The molecule has 5 rings (SSSR count). The van der Waals surface area contributed by atoms with Gasteiger partial charge in [0.25, 0.3) is 0 Å². The smallest absolute Gasteiger partial charge is 0.228 e. The van der Waals surface area contributed by atoms with Crippen LogP contribution in [0.15, 0.2) is 60.9 Å². The number of hydrogen-bond acceptors (Lipinski definition) is 6. The number of benzene rings is 1. The molecule has 0 radical (unpaired) electrons. The van der Waals surface area contributed by atoms with Crippen LogP contribution >= 0.6 is 0 Å². The van der Waals surface area contributed by atoms with Gasteiger partial charge in [-0.2, -0.15) is 5.26 Å². The minimum atomic E-state index is -0.114. The van der Waals surface area contributed by atoms with Gasteiger partial charge in [0.1, 0.15) is 11.6 Å². The van der Waals surface area contributed by atoms with Gasteiger partial charge in [-0.05, 0) is 48.4 Å². The fraction of sp³-hybridized carbons (Fsp3) is 0.192. The zero-order valence-electron chi connectivity index (χ0n) is 18.1. The number of aryl methyl sites for hydroxylation is 1. The molecule has 1 aliphatic rings. The van der Waals surface area contributed by atoms with Gasteiger partial charge in [0.2, 0.25) is 5.91 Å². The zero-order chi connectivity index (χ0) is 22.9. The normalized spacial score (nSPS) is 16.8. The van der Waals surface area contributed by atoms with Gasteiger partial charge in [-0.25, -0.2) is 9.97 Å². The lowest BCUT2D eigenvalue weighted by atomic mass is 10.0. The van der Waals surface area contributed by atoms with Crippen LogP contribution in [0.5, 0.6) is 0 Å². The first kappa shape index (κ1) is 20.6. The largest absolute Gasteiger partial charge is 0.383 e. The second-order valence-corrected chi connectivity index (χ2v) is 8.39. The summed E-state index contributed by atoms with van der Waals surface area (Å²) in [6.07, 6.45) is 4.60. The topological polar surface area (TPSA) is 118 Å². The van der Waals surface area contributed by atoms with Crippen LogP contribution in [-0.4, -0.2) is 20.9 Å². The molecule has 3 aromatic heterocycles. The summed E-state index contributed by atoms with van der Waals surface area (Å²) >= 11 is 0. The van der Waals surface area contributed by atoms with Crippen LogP contribution in [0.3, 0.4) is 0 Å². The summed E-state index contributed by atoms with van der Waals surface area (Å²) in [5.41, 5.74) is 10.8. The SMILES string of the molecule is Cc1cc(-c2ccccc2)ncc1-c1cc2cc(NC(=O)[C@@H]3C[C@H]3CC#N)ncc2c(N)n1. The molecular formula is C26H22N6O. The highest BCUT2D eigenvalue weighted by molar-refractivity contribution is 5.98. The minimum Gasteiger partial charge on any atom is -0.383 e. The molecule has 1 fully saturated rings. The number of carbonyl (C=O) groups excluding carboxylic acids is 1. The van der Waals surface area contributed by atoms with Crippen molar-refractivity contribution in [2.45, 2.75) is 19.8 Å². The third-order valence-electron chi connectivity index (χ3n) is 6.07. The molecule has 4 aromatic rings. The van der Waals surface area contributed by atoms with E-state index in [0.29, 0.717) is 23.8 Å². The highest BCUT2D eigenvalue weighted by atomic mass is 16.2. The Morgan fingerprint density at radius 3 is 2.73 bits per heavy atom. The lowest BCUT2D eigenvalue weighted by molar-refractivity contribution is -0.117. The van der Waals surface area contributed by atoms with Crippen LogP contribution in [0.25, 0.3) is 33.3 Å². The Balaban J connectivity index is 1.45. The number of nitriles is 1. The molecule has 0 unspecified atom stereocenters. The highest BCUT2D eigenvalue weighted by Gasteiger charge is 2.42. The third kappa shape index (κ3) is 4.11. The van der Waals surface area contributed by atoms with E-state index in [1.54, 1.807) is 12.3 Å².